The molecule has 1 aromatic heterocycles. The van der Waals surface area contributed by atoms with Crippen molar-refractivity contribution in [3.05, 3.63) is 77.4 Å². The molecule has 12 heteroatoms. The first-order chi connectivity index (χ1) is 19.1. The number of imide groups is 1. The van der Waals surface area contributed by atoms with Crippen LogP contribution >= 0.6 is 0 Å². The lowest BCUT2D eigenvalue weighted by atomic mass is 9.93. The van der Waals surface area contributed by atoms with E-state index in [0.717, 1.165) is 21.6 Å². The first-order valence-corrected chi connectivity index (χ1v) is 12.9. The molecule has 0 saturated carbocycles. The van der Waals surface area contributed by atoms with Crippen LogP contribution in [0.3, 0.4) is 0 Å². The molecular weight excluding hydrogens is 527 g/mol. The van der Waals surface area contributed by atoms with Crippen LogP contribution in [0.2, 0.25) is 0 Å². The number of ether oxygens (including phenoxy) is 1. The van der Waals surface area contributed by atoms with Crippen molar-refractivity contribution in [2.24, 2.45) is 7.05 Å². The number of hydrogen-bond donors (Lipinski definition) is 1. The second kappa shape index (κ2) is 9.47. The number of carbonyl (C=O) groups is 3. The summed E-state index contributed by atoms with van der Waals surface area (Å²) in [5.74, 6) is -5.28. The number of aromatic nitrogens is 2. The molecule has 3 aromatic rings. The van der Waals surface area contributed by atoms with Gasteiger partial charge in [0.15, 0.2) is 0 Å². The van der Waals surface area contributed by atoms with Crippen molar-refractivity contribution >= 4 is 17.9 Å². The number of nitrogens with zero attached hydrogens (tertiary/aromatic N) is 4. The molecule has 3 aliphatic rings. The molecule has 3 amide bonds. The van der Waals surface area contributed by atoms with E-state index in [1.54, 1.807) is 16.9 Å². The molecule has 2 fully saturated rings. The van der Waals surface area contributed by atoms with Gasteiger partial charge >= 0.3 is 6.09 Å². The molecule has 1 unspecified atom stereocenters. The van der Waals surface area contributed by atoms with E-state index in [2.05, 4.69) is 10.4 Å². The van der Waals surface area contributed by atoms with Crippen LogP contribution in [0, 0.1) is 5.82 Å². The van der Waals surface area contributed by atoms with Gasteiger partial charge in [-0.3, -0.25) is 14.3 Å². The van der Waals surface area contributed by atoms with Crippen molar-refractivity contribution in [1.29, 1.82) is 0 Å². The van der Waals surface area contributed by atoms with Crippen LogP contribution in [-0.2, 0) is 39.9 Å². The van der Waals surface area contributed by atoms with Crippen LogP contribution in [0.25, 0.3) is 11.1 Å². The largest absolute Gasteiger partial charge is 0.427 e. The Morgan fingerprint density at radius 3 is 2.62 bits per heavy atom. The predicted octanol–water partition coefficient (Wildman–Crippen LogP) is 2.98. The molecule has 208 valence electrons. The number of hydrogen-bond acceptors (Lipinski definition) is 6. The maximum Gasteiger partial charge on any atom is 0.418 e. The van der Waals surface area contributed by atoms with Gasteiger partial charge in [0.2, 0.25) is 11.5 Å². The minimum Gasteiger partial charge on any atom is -0.427 e. The smallest absolute Gasteiger partial charge is 0.418 e. The number of amides is 3. The summed E-state index contributed by atoms with van der Waals surface area (Å²) >= 11 is 0. The second-order valence-corrected chi connectivity index (χ2v) is 10.4. The van der Waals surface area contributed by atoms with Crippen molar-refractivity contribution in [2.45, 2.75) is 37.0 Å². The van der Waals surface area contributed by atoms with Gasteiger partial charge in [0.25, 0.3) is 11.8 Å². The van der Waals surface area contributed by atoms with Gasteiger partial charge in [-0.15, -0.1) is 0 Å². The molecule has 2 atom stereocenters. The third kappa shape index (κ3) is 4.32. The standard InChI is InChI=1S/C28H26F3N5O4/c1-34-14-20(11-33-34)18-4-7-22-19(10-18)8-9-27(22)25(38)36(26(39)40-27)15-24(37)35(23-12-32-16-28(23,30)31)13-17-2-5-21(29)6-3-17/h2-7,10-11,14,23,32H,8-9,12-13,15-16H2,1H3/t23?,27-/m1/s1. The summed E-state index contributed by atoms with van der Waals surface area (Å²) in [4.78, 5) is 41.7. The minimum absolute atomic E-state index is 0.172. The molecule has 6 rings (SSSR count). The lowest BCUT2D eigenvalue weighted by molar-refractivity contribution is -0.147. The number of nitrogens with one attached hydrogen (secondary N) is 1. The average molecular weight is 554 g/mol. The Kier molecular flexibility index (Phi) is 6.17. The van der Waals surface area contributed by atoms with Crippen LogP contribution in [0.4, 0.5) is 18.0 Å². The fourth-order valence-corrected chi connectivity index (χ4v) is 5.77. The Labute approximate surface area is 227 Å². The SMILES string of the molecule is Cn1cc(-c2ccc3c(c2)CC[C@@]32OC(=O)N(CC(=O)N(Cc3ccc(F)cc3)C3CNCC3(F)F)C2=O)cn1. The Morgan fingerprint density at radius 1 is 1.18 bits per heavy atom. The summed E-state index contributed by atoms with van der Waals surface area (Å²) in [6, 6.07) is 9.12. The molecule has 1 spiro atoms. The first-order valence-electron chi connectivity index (χ1n) is 12.9. The normalized spacial score (nSPS) is 23.1. The Morgan fingerprint density at radius 2 is 1.95 bits per heavy atom. The van der Waals surface area contributed by atoms with E-state index in [0.29, 0.717) is 22.4 Å². The van der Waals surface area contributed by atoms with Gasteiger partial charge in [0.05, 0.1) is 12.7 Å². The number of aryl methyl sites for hydroxylation is 2. The quantitative estimate of drug-likeness (QED) is 0.504. The fourth-order valence-electron chi connectivity index (χ4n) is 5.77. The lowest BCUT2D eigenvalue weighted by Crippen LogP contribution is -2.53. The highest BCUT2D eigenvalue weighted by atomic mass is 19.3. The first kappa shape index (κ1) is 26.1. The zero-order valence-electron chi connectivity index (χ0n) is 21.6. The van der Waals surface area contributed by atoms with E-state index in [4.69, 9.17) is 4.74 Å². The molecule has 2 saturated heterocycles. The Balaban J connectivity index is 1.25. The monoisotopic (exact) mass is 553 g/mol. The van der Waals surface area contributed by atoms with E-state index in [1.807, 2.05) is 25.4 Å². The van der Waals surface area contributed by atoms with Crippen LogP contribution < -0.4 is 5.32 Å². The van der Waals surface area contributed by atoms with Gasteiger partial charge in [-0.2, -0.15) is 5.10 Å². The van der Waals surface area contributed by atoms with E-state index >= 15 is 0 Å². The fraction of sp³-hybridized carbons (Fsp3) is 0.357. The van der Waals surface area contributed by atoms with Crippen LogP contribution in [0.1, 0.15) is 23.1 Å². The molecule has 1 N–H and O–H groups in total. The Bertz CT molecular complexity index is 1510. The average Bonchev–Trinajstić information content (AvgIpc) is 3.67. The number of alkyl halides is 2. The van der Waals surface area contributed by atoms with E-state index in [-0.39, 0.29) is 19.5 Å². The Hall–Kier alpha value is -4.19. The molecule has 9 nitrogen and oxygen atoms in total. The number of benzene rings is 2. The van der Waals surface area contributed by atoms with Gasteiger partial charge in [0.1, 0.15) is 18.4 Å². The summed E-state index contributed by atoms with van der Waals surface area (Å²) < 4.78 is 50.2. The van der Waals surface area contributed by atoms with E-state index in [9.17, 15) is 27.6 Å². The van der Waals surface area contributed by atoms with Gasteiger partial charge in [-0.1, -0.05) is 30.3 Å². The zero-order valence-corrected chi connectivity index (χ0v) is 21.6. The third-order valence-electron chi connectivity index (χ3n) is 7.84. The van der Waals surface area contributed by atoms with Crippen LogP contribution in [0.5, 0.6) is 0 Å². The molecule has 40 heavy (non-hydrogen) atoms. The summed E-state index contributed by atoms with van der Waals surface area (Å²) in [6.07, 6.45) is 3.27. The lowest BCUT2D eigenvalue weighted by Gasteiger charge is -2.33. The summed E-state index contributed by atoms with van der Waals surface area (Å²) in [7, 11) is 1.81. The topological polar surface area (TPSA) is 96.8 Å². The summed E-state index contributed by atoms with van der Waals surface area (Å²) in [5, 5.41) is 6.77. The van der Waals surface area contributed by atoms with Crippen molar-refractivity contribution in [1.82, 2.24) is 24.9 Å². The third-order valence-corrected chi connectivity index (χ3v) is 7.84. The number of rotatable bonds is 6. The molecule has 3 heterocycles. The van der Waals surface area contributed by atoms with Crippen molar-refractivity contribution in [3.8, 4) is 11.1 Å². The second-order valence-electron chi connectivity index (χ2n) is 10.4. The van der Waals surface area contributed by atoms with E-state index in [1.165, 1.54) is 24.3 Å². The van der Waals surface area contributed by atoms with Gasteiger partial charge in [0, 0.05) is 43.9 Å². The van der Waals surface area contributed by atoms with Crippen molar-refractivity contribution in [2.75, 3.05) is 19.6 Å². The minimum atomic E-state index is -3.23. The highest BCUT2D eigenvalue weighted by molar-refractivity contribution is 6.06. The maximum absolute atomic E-state index is 14.7. The van der Waals surface area contributed by atoms with E-state index < -0.39 is 54.4 Å². The highest BCUT2D eigenvalue weighted by Gasteiger charge is 2.59. The number of halogens is 3. The molecular formula is C28H26F3N5O4. The number of carbonyl (C=O) groups excluding carboxylic acids is 3. The summed E-state index contributed by atoms with van der Waals surface area (Å²) in [6.45, 7) is -1.79. The maximum atomic E-state index is 14.7. The van der Waals surface area contributed by atoms with Crippen molar-refractivity contribution in [3.63, 3.8) is 0 Å². The molecule has 1 aliphatic carbocycles. The predicted molar refractivity (Wildman–Crippen MR) is 135 cm³/mol. The highest BCUT2D eigenvalue weighted by Crippen LogP contribution is 2.46. The van der Waals surface area contributed by atoms with Gasteiger partial charge < -0.3 is 15.0 Å². The van der Waals surface area contributed by atoms with Gasteiger partial charge in [-0.05, 0) is 35.2 Å². The van der Waals surface area contributed by atoms with Crippen LogP contribution in [0.15, 0.2) is 54.9 Å². The number of fused-ring (bicyclic) bond motifs is 2. The van der Waals surface area contributed by atoms with Crippen molar-refractivity contribution < 1.29 is 32.3 Å². The molecule has 2 aromatic carbocycles. The van der Waals surface area contributed by atoms with Crippen LogP contribution in [-0.4, -0.2) is 69.1 Å². The molecule has 0 radical (unpaired) electrons. The van der Waals surface area contributed by atoms with Gasteiger partial charge in [-0.25, -0.2) is 22.9 Å². The molecule has 2 aliphatic heterocycles. The zero-order chi connectivity index (χ0) is 28.2. The molecule has 0 bridgehead atoms. The summed E-state index contributed by atoms with van der Waals surface area (Å²) in [5.41, 5.74) is 2.04.